The first-order chi connectivity index (χ1) is 11.4. The molecular weight excluding hydrogens is 294 g/mol. The molecule has 0 aromatic heterocycles. The number of nitrogens with zero attached hydrogens (tertiary/aromatic N) is 1. The zero-order valence-corrected chi connectivity index (χ0v) is 13.4. The molecule has 23 heavy (non-hydrogen) atoms. The molecule has 0 heterocycles. The maximum atomic E-state index is 5.49. The Bertz CT molecular complexity index is 476. The topological polar surface area (TPSA) is 40.2 Å². The third-order valence-corrected chi connectivity index (χ3v) is 3.14. The fraction of sp³-hybridized carbons (Fsp3) is 0.333. The van der Waals surface area contributed by atoms with Gasteiger partial charge in [-0.25, -0.2) is 4.84 Å². The SMILES string of the molecule is COCON(OCCc1ccccc1)OCCc1ccccc1. The third-order valence-electron chi connectivity index (χ3n) is 3.14. The van der Waals surface area contributed by atoms with Crippen molar-refractivity contribution in [3.05, 3.63) is 71.8 Å². The van der Waals surface area contributed by atoms with Crippen LogP contribution < -0.4 is 0 Å². The lowest BCUT2D eigenvalue weighted by atomic mass is 10.2. The summed E-state index contributed by atoms with van der Waals surface area (Å²) in [6.45, 7) is 0.981. The van der Waals surface area contributed by atoms with Crippen molar-refractivity contribution in [2.24, 2.45) is 0 Å². The van der Waals surface area contributed by atoms with E-state index in [1.807, 2.05) is 36.4 Å². The van der Waals surface area contributed by atoms with Crippen LogP contribution in [0.25, 0.3) is 0 Å². The van der Waals surface area contributed by atoms with Gasteiger partial charge in [-0.3, -0.25) is 9.68 Å². The summed E-state index contributed by atoms with van der Waals surface area (Å²) >= 11 is 0. The van der Waals surface area contributed by atoms with E-state index >= 15 is 0 Å². The first-order valence-electron chi connectivity index (χ1n) is 7.64. The van der Waals surface area contributed by atoms with Crippen LogP contribution in [0.1, 0.15) is 11.1 Å². The van der Waals surface area contributed by atoms with Gasteiger partial charge in [0.1, 0.15) is 0 Å². The summed E-state index contributed by atoms with van der Waals surface area (Å²) in [6.07, 6.45) is 1.55. The van der Waals surface area contributed by atoms with Crippen molar-refractivity contribution in [1.82, 2.24) is 5.39 Å². The molecule has 5 heteroatoms. The van der Waals surface area contributed by atoms with Gasteiger partial charge in [0.15, 0.2) is 6.79 Å². The Balaban J connectivity index is 1.70. The maximum absolute atomic E-state index is 5.49. The molecule has 5 nitrogen and oxygen atoms in total. The number of methoxy groups -OCH3 is 1. The highest BCUT2D eigenvalue weighted by Gasteiger charge is 2.07. The second-order valence-corrected chi connectivity index (χ2v) is 4.90. The van der Waals surface area contributed by atoms with Gasteiger partial charge in [-0.2, -0.15) is 0 Å². The van der Waals surface area contributed by atoms with E-state index in [4.69, 9.17) is 19.2 Å². The van der Waals surface area contributed by atoms with Crippen LogP contribution >= 0.6 is 0 Å². The summed E-state index contributed by atoms with van der Waals surface area (Å²) < 4.78 is 4.88. The van der Waals surface area contributed by atoms with Crippen LogP contribution in [-0.4, -0.2) is 32.5 Å². The van der Waals surface area contributed by atoms with Crippen LogP contribution in [0.5, 0.6) is 0 Å². The lowest BCUT2D eigenvalue weighted by molar-refractivity contribution is -0.536. The molecule has 0 bridgehead atoms. The molecule has 0 N–H and O–H groups in total. The highest BCUT2D eigenvalue weighted by Crippen LogP contribution is 2.04. The van der Waals surface area contributed by atoms with E-state index in [0.717, 1.165) is 18.2 Å². The van der Waals surface area contributed by atoms with Crippen LogP contribution in [0.2, 0.25) is 0 Å². The lowest BCUT2D eigenvalue weighted by Crippen LogP contribution is -2.28. The fourth-order valence-electron chi connectivity index (χ4n) is 1.97. The molecule has 2 aromatic carbocycles. The van der Waals surface area contributed by atoms with Gasteiger partial charge >= 0.3 is 0 Å². The molecule has 0 amide bonds. The van der Waals surface area contributed by atoms with Crippen molar-refractivity contribution in [2.45, 2.75) is 12.8 Å². The van der Waals surface area contributed by atoms with Gasteiger partial charge in [0.2, 0.25) is 0 Å². The van der Waals surface area contributed by atoms with Gasteiger partial charge in [0.25, 0.3) is 0 Å². The van der Waals surface area contributed by atoms with Gasteiger partial charge < -0.3 is 4.74 Å². The Morgan fingerprint density at radius 3 is 1.61 bits per heavy atom. The number of hydrogen-bond donors (Lipinski definition) is 0. The minimum Gasteiger partial charge on any atom is -0.357 e. The minimum absolute atomic E-state index is 0.0661. The molecule has 0 atom stereocenters. The summed E-state index contributed by atoms with van der Waals surface area (Å²) in [7, 11) is 1.55. The van der Waals surface area contributed by atoms with Crippen molar-refractivity contribution in [3.63, 3.8) is 0 Å². The summed E-state index contributed by atoms with van der Waals surface area (Å²) in [6, 6.07) is 20.2. The minimum atomic E-state index is 0.0661. The molecule has 0 saturated heterocycles. The number of hydrogen-bond acceptors (Lipinski definition) is 5. The van der Waals surface area contributed by atoms with Crippen molar-refractivity contribution in [1.29, 1.82) is 0 Å². The van der Waals surface area contributed by atoms with E-state index in [0.29, 0.717) is 13.2 Å². The normalized spacial score (nSPS) is 11.0. The van der Waals surface area contributed by atoms with Crippen LogP contribution in [0.4, 0.5) is 0 Å². The Morgan fingerprint density at radius 2 is 1.17 bits per heavy atom. The molecule has 2 rings (SSSR count). The fourth-order valence-corrected chi connectivity index (χ4v) is 1.97. The Kier molecular flexibility index (Phi) is 8.32. The van der Waals surface area contributed by atoms with Crippen LogP contribution in [0.15, 0.2) is 60.7 Å². The number of ether oxygens (including phenoxy) is 1. The van der Waals surface area contributed by atoms with Gasteiger partial charge in [0.05, 0.1) is 18.6 Å². The van der Waals surface area contributed by atoms with Crippen molar-refractivity contribution >= 4 is 0 Å². The van der Waals surface area contributed by atoms with Crippen LogP contribution in [-0.2, 0) is 32.1 Å². The molecule has 0 aliphatic carbocycles. The zero-order chi connectivity index (χ0) is 16.2. The Morgan fingerprint density at radius 1 is 0.696 bits per heavy atom. The highest BCUT2D eigenvalue weighted by atomic mass is 17.2. The van der Waals surface area contributed by atoms with Gasteiger partial charge in [-0.05, 0) is 24.0 Å². The van der Waals surface area contributed by atoms with Crippen molar-refractivity contribution in [3.8, 4) is 0 Å². The molecule has 0 aliphatic heterocycles. The molecule has 0 saturated carbocycles. The second kappa shape index (κ2) is 10.9. The first kappa shape index (κ1) is 17.6. The van der Waals surface area contributed by atoms with E-state index in [-0.39, 0.29) is 6.79 Å². The second-order valence-electron chi connectivity index (χ2n) is 4.90. The highest BCUT2D eigenvalue weighted by molar-refractivity contribution is 5.15. The summed E-state index contributed by atoms with van der Waals surface area (Å²) in [4.78, 5) is 16.2. The molecule has 0 spiro atoms. The molecule has 124 valence electrons. The predicted octanol–water partition coefficient (Wildman–Crippen LogP) is 3.17. The largest absolute Gasteiger partial charge is 0.357 e. The van der Waals surface area contributed by atoms with E-state index in [1.165, 1.54) is 11.1 Å². The monoisotopic (exact) mass is 317 g/mol. The molecule has 0 aliphatic rings. The van der Waals surface area contributed by atoms with E-state index in [1.54, 1.807) is 7.11 Å². The average molecular weight is 317 g/mol. The first-order valence-corrected chi connectivity index (χ1v) is 7.64. The zero-order valence-electron chi connectivity index (χ0n) is 13.4. The van der Waals surface area contributed by atoms with Crippen LogP contribution in [0, 0.1) is 0 Å². The molecule has 2 aromatic rings. The summed E-state index contributed by atoms with van der Waals surface area (Å²) in [5, 5.41) is 1.04. The Labute approximate surface area is 137 Å². The predicted molar refractivity (Wildman–Crippen MR) is 87.0 cm³/mol. The smallest absolute Gasteiger partial charge is 0.171 e. The lowest BCUT2D eigenvalue weighted by Gasteiger charge is -2.19. The maximum Gasteiger partial charge on any atom is 0.171 e. The van der Waals surface area contributed by atoms with Gasteiger partial charge in [0, 0.05) is 7.11 Å². The molecule has 0 unspecified atom stereocenters. The number of rotatable bonds is 11. The Hall–Kier alpha value is -1.76. The average Bonchev–Trinajstić information content (AvgIpc) is 2.61. The van der Waals surface area contributed by atoms with Crippen molar-refractivity contribution in [2.75, 3.05) is 27.1 Å². The van der Waals surface area contributed by atoms with Gasteiger partial charge in [-0.15, -0.1) is 0 Å². The molecule has 0 fully saturated rings. The molecule has 0 radical (unpaired) electrons. The standard InChI is InChI=1S/C18H23NO4/c1-20-16-23-19(21-14-12-17-8-4-2-5-9-17)22-15-13-18-10-6-3-7-11-18/h2-11H,12-16H2,1H3. The quantitative estimate of drug-likeness (QED) is 0.470. The van der Waals surface area contributed by atoms with E-state index in [2.05, 4.69) is 24.3 Å². The number of benzene rings is 2. The van der Waals surface area contributed by atoms with E-state index in [9.17, 15) is 0 Å². The summed E-state index contributed by atoms with van der Waals surface area (Å²) in [5.74, 6) is 0. The van der Waals surface area contributed by atoms with Crippen molar-refractivity contribution < 1.29 is 19.2 Å². The van der Waals surface area contributed by atoms with Gasteiger partial charge in [-0.1, -0.05) is 60.7 Å². The van der Waals surface area contributed by atoms with E-state index < -0.39 is 0 Å². The van der Waals surface area contributed by atoms with Crippen LogP contribution in [0.3, 0.4) is 0 Å². The third kappa shape index (κ3) is 7.36. The summed E-state index contributed by atoms with van der Waals surface area (Å²) in [5.41, 5.74) is 2.40. The molecular formula is C18H23NO4.